The summed E-state index contributed by atoms with van der Waals surface area (Å²) in [6, 6.07) is 14.9. The van der Waals surface area contributed by atoms with Gasteiger partial charge in [-0.15, -0.1) is 0 Å². The summed E-state index contributed by atoms with van der Waals surface area (Å²) in [6.07, 6.45) is -0.720. The SMILES string of the molecule is CN(CC(O)CNC(=O)c1ccccc1)c1ccc(F)cc1. The Morgan fingerprint density at radius 3 is 2.45 bits per heavy atom. The lowest BCUT2D eigenvalue weighted by Gasteiger charge is -2.23. The van der Waals surface area contributed by atoms with Crippen molar-refractivity contribution >= 4 is 11.6 Å². The van der Waals surface area contributed by atoms with Gasteiger partial charge >= 0.3 is 0 Å². The van der Waals surface area contributed by atoms with Gasteiger partial charge in [0.25, 0.3) is 5.91 Å². The molecule has 5 heteroatoms. The molecule has 0 saturated carbocycles. The lowest BCUT2D eigenvalue weighted by Crippen LogP contribution is -2.38. The van der Waals surface area contributed by atoms with Gasteiger partial charge in [-0.2, -0.15) is 0 Å². The van der Waals surface area contributed by atoms with Crippen molar-refractivity contribution < 1.29 is 14.3 Å². The molecule has 4 nitrogen and oxygen atoms in total. The molecule has 0 bridgehead atoms. The summed E-state index contributed by atoms with van der Waals surface area (Å²) in [7, 11) is 1.80. The highest BCUT2D eigenvalue weighted by Crippen LogP contribution is 2.13. The molecule has 2 rings (SSSR count). The molecule has 0 saturated heterocycles. The summed E-state index contributed by atoms with van der Waals surface area (Å²) in [6.45, 7) is 0.486. The van der Waals surface area contributed by atoms with Gasteiger partial charge in [0, 0.05) is 31.4 Å². The van der Waals surface area contributed by atoms with E-state index < -0.39 is 6.10 Å². The zero-order valence-electron chi connectivity index (χ0n) is 12.4. The van der Waals surface area contributed by atoms with Crippen LogP contribution in [0.15, 0.2) is 54.6 Å². The third-order valence-corrected chi connectivity index (χ3v) is 3.29. The molecular weight excluding hydrogens is 283 g/mol. The van der Waals surface area contributed by atoms with Gasteiger partial charge in [-0.05, 0) is 36.4 Å². The Morgan fingerprint density at radius 2 is 1.82 bits per heavy atom. The number of aliphatic hydroxyl groups is 1. The molecule has 2 N–H and O–H groups in total. The second-order valence-electron chi connectivity index (χ2n) is 5.09. The van der Waals surface area contributed by atoms with E-state index in [-0.39, 0.29) is 18.3 Å². The Hall–Kier alpha value is -2.40. The summed E-state index contributed by atoms with van der Waals surface area (Å²) in [5.74, 6) is -0.517. The maximum atomic E-state index is 12.9. The number of hydrogen-bond acceptors (Lipinski definition) is 3. The molecule has 2 aromatic rings. The van der Waals surface area contributed by atoms with Crippen molar-refractivity contribution in [3.8, 4) is 0 Å². The van der Waals surface area contributed by atoms with Crippen molar-refractivity contribution in [2.75, 3.05) is 25.0 Å². The van der Waals surface area contributed by atoms with Crippen LogP contribution in [0.25, 0.3) is 0 Å². The summed E-state index contributed by atoms with van der Waals surface area (Å²) < 4.78 is 12.9. The molecule has 0 aliphatic heterocycles. The van der Waals surface area contributed by atoms with E-state index in [1.807, 2.05) is 6.07 Å². The summed E-state index contributed by atoms with van der Waals surface area (Å²) >= 11 is 0. The first kappa shape index (κ1) is 16.0. The van der Waals surface area contributed by atoms with E-state index in [1.54, 1.807) is 48.3 Å². The van der Waals surface area contributed by atoms with Gasteiger partial charge in [0.05, 0.1) is 6.10 Å². The van der Waals surface area contributed by atoms with Crippen molar-refractivity contribution in [1.29, 1.82) is 0 Å². The van der Waals surface area contributed by atoms with Crippen LogP contribution in [0, 0.1) is 5.82 Å². The average molecular weight is 302 g/mol. The molecule has 0 spiro atoms. The van der Waals surface area contributed by atoms with Crippen LogP contribution in [-0.4, -0.2) is 37.3 Å². The topological polar surface area (TPSA) is 52.6 Å². The first-order valence-electron chi connectivity index (χ1n) is 7.04. The predicted octanol–water partition coefficient (Wildman–Crippen LogP) is 2.05. The maximum absolute atomic E-state index is 12.9. The third kappa shape index (κ3) is 4.56. The van der Waals surface area contributed by atoms with E-state index in [9.17, 15) is 14.3 Å². The van der Waals surface area contributed by atoms with Gasteiger partial charge in [-0.1, -0.05) is 18.2 Å². The molecule has 0 fully saturated rings. The van der Waals surface area contributed by atoms with Crippen LogP contribution in [0.3, 0.4) is 0 Å². The molecule has 0 aromatic heterocycles. The van der Waals surface area contributed by atoms with Gasteiger partial charge in [-0.3, -0.25) is 4.79 Å². The van der Waals surface area contributed by atoms with Crippen LogP contribution >= 0.6 is 0 Å². The van der Waals surface area contributed by atoms with E-state index in [1.165, 1.54) is 12.1 Å². The highest BCUT2D eigenvalue weighted by molar-refractivity contribution is 5.94. The van der Waals surface area contributed by atoms with Crippen molar-refractivity contribution in [2.24, 2.45) is 0 Å². The van der Waals surface area contributed by atoms with Crippen LogP contribution in [0.5, 0.6) is 0 Å². The minimum absolute atomic E-state index is 0.152. The number of amides is 1. The molecule has 1 amide bonds. The number of anilines is 1. The standard InChI is InChI=1S/C17H19FN2O2/c1-20(15-9-7-14(18)8-10-15)12-16(21)11-19-17(22)13-5-3-2-4-6-13/h2-10,16,21H,11-12H2,1H3,(H,19,22). The monoisotopic (exact) mass is 302 g/mol. The lowest BCUT2D eigenvalue weighted by molar-refractivity contribution is 0.0919. The molecule has 1 atom stereocenters. The van der Waals surface area contributed by atoms with Crippen molar-refractivity contribution in [3.63, 3.8) is 0 Å². The highest BCUT2D eigenvalue weighted by atomic mass is 19.1. The molecule has 0 radical (unpaired) electrons. The normalized spacial score (nSPS) is 11.8. The highest BCUT2D eigenvalue weighted by Gasteiger charge is 2.11. The van der Waals surface area contributed by atoms with E-state index in [4.69, 9.17) is 0 Å². The number of carbonyl (C=O) groups is 1. The van der Waals surface area contributed by atoms with Gasteiger partial charge in [0.1, 0.15) is 5.82 Å². The van der Waals surface area contributed by atoms with Crippen LogP contribution in [-0.2, 0) is 0 Å². The number of nitrogens with one attached hydrogen (secondary N) is 1. The summed E-state index contributed by atoms with van der Waals surface area (Å²) in [5, 5.41) is 12.7. The number of halogens is 1. The Kier molecular flexibility index (Phi) is 5.49. The fraction of sp³-hybridized carbons (Fsp3) is 0.235. The van der Waals surface area contributed by atoms with E-state index in [0.29, 0.717) is 12.1 Å². The Morgan fingerprint density at radius 1 is 1.18 bits per heavy atom. The minimum Gasteiger partial charge on any atom is -0.389 e. The molecule has 1 unspecified atom stereocenters. The number of rotatable bonds is 6. The molecule has 22 heavy (non-hydrogen) atoms. The smallest absolute Gasteiger partial charge is 0.251 e. The average Bonchev–Trinajstić information content (AvgIpc) is 2.54. The Bertz CT molecular complexity index is 602. The zero-order valence-corrected chi connectivity index (χ0v) is 12.4. The largest absolute Gasteiger partial charge is 0.389 e. The van der Waals surface area contributed by atoms with Gasteiger partial charge < -0.3 is 15.3 Å². The zero-order chi connectivity index (χ0) is 15.9. The van der Waals surface area contributed by atoms with Gasteiger partial charge in [0.2, 0.25) is 0 Å². The quantitative estimate of drug-likeness (QED) is 0.859. The van der Waals surface area contributed by atoms with Gasteiger partial charge in [-0.25, -0.2) is 4.39 Å². The number of nitrogens with zero attached hydrogens (tertiary/aromatic N) is 1. The number of hydrogen-bond donors (Lipinski definition) is 2. The Balaban J connectivity index is 1.81. The third-order valence-electron chi connectivity index (χ3n) is 3.29. The predicted molar refractivity (Wildman–Crippen MR) is 84.5 cm³/mol. The molecule has 0 heterocycles. The number of carbonyl (C=O) groups excluding carboxylic acids is 1. The van der Waals surface area contributed by atoms with Crippen molar-refractivity contribution in [3.05, 3.63) is 66.0 Å². The maximum Gasteiger partial charge on any atom is 0.251 e. The van der Waals surface area contributed by atoms with Crippen LogP contribution in [0.2, 0.25) is 0 Å². The molecular formula is C17H19FN2O2. The van der Waals surface area contributed by atoms with Gasteiger partial charge in [0.15, 0.2) is 0 Å². The van der Waals surface area contributed by atoms with Crippen LogP contribution < -0.4 is 10.2 Å². The molecule has 116 valence electrons. The second kappa shape index (κ2) is 7.56. The van der Waals surface area contributed by atoms with E-state index >= 15 is 0 Å². The van der Waals surface area contributed by atoms with Crippen molar-refractivity contribution in [1.82, 2.24) is 5.32 Å². The molecule has 0 aliphatic rings. The summed E-state index contributed by atoms with van der Waals surface area (Å²) in [4.78, 5) is 13.7. The van der Waals surface area contributed by atoms with E-state index in [0.717, 1.165) is 5.69 Å². The first-order valence-corrected chi connectivity index (χ1v) is 7.04. The lowest BCUT2D eigenvalue weighted by atomic mass is 10.2. The fourth-order valence-electron chi connectivity index (χ4n) is 2.08. The first-order chi connectivity index (χ1) is 10.6. The molecule has 0 aliphatic carbocycles. The fourth-order valence-corrected chi connectivity index (χ4v) is 2.08. The number of likely N-dealkylation sites (N-methyl/N-ethyl adjacent to an activating group) is 1. The second-order valence-corrected chi connectivity index (χ2v) is 5.09. The number of aliphatic hydroxyl groups excluding tert-OH is 1. The number of benzene rings is 2. The molecule has 2 aromatic carbocycles. The Labute approximate surface area is 129 Å². The van der Waals surface area contributed by atoms with Crippen LogP contribution in [0.4, 0.5) is 10.1 Å². The van der Waals surface area contributed by atoms with Crippen LogP contribution in [0.1, 0.15) is 10.4 Å². The summed E-state index contributed by atoms with van der Waals surface area (Å²) in [5.41, 5.74) is 1.36. The van der Waals surface area contributed by atoms with Crippen molar-refractivity contribution in [2.45, 2.75) is 6.10 Å². The van der Waals surface area contributed by atoms with E-state index in [2.05, 4.69) is 5.32 Å². The minimum atomic E-state index is -0.720.